The standard InChI is InChI=1S/C15H16Cl2N2/c1-10-3-4-12(8-18-10)9-19-11(2)14-7-13(16)5-6-15(14)17/h3-8,11,19H,9H2,1-2H3. The maximum absolute atomic E-state index is 6.18. The van der Waals surface area contributed by atoms with Gasteiger partial charge < -0.3 is 5.32 Å². The Kier molecular flexibility index (Phi) is 4.81. The number of pyridine rings is 1. The van der Waals surface area contributed by atoms with Crippen molar-refractivity contribution >= 4 is 23.2 Å². The van der Waals surface area contributed by atoms with Crippen LogP contribution in [0.5, 0.6) is 0 Å². The first-order valence-corrected chi connectivity index (χ1v) is 6.91. The Labute approximate surface area is 123 Å². The summed E-state index contributed by atoms with van der Waals surface area (Å²) in [6.45, 7) is 4.79. The van der Waals surface area contributed by atoms with Crippen LogP contribution >= 0.6 is 23.2 Å². The first-order chi connectivity index (χ1) is 9.06. The molecule has 1 N–H and O–H groups in total. The van der Waals surface area contributed by atoms with E-state index in [1.54, 1.807) is 6.07 Å². The number of hydrogen-bond donors (Lipinski definition) is 1. The van der Waals surface area contributed by atoms with Gasteiger partial charge in [0, 0.05) is 34.5 Å². The average Bonchev–Trinajstić information content (AvgIpc) is 2.40. The van der Waals surface area contributed by atoms with E-state index in [-0.39, 0.29) is 6.04 Å². The summed E-state index contributed by atoms with van der Waals surface area (Å²) in [6, 6.07) is 9.73. The van der Waals surface area contributed by atoms with E-state index in [1.165, 1.54) is 0 Å². The van der Waals surface area contributed by atoms with Crippen LogP contribution in [0.2, 0.25) is 10.0 Å². The van der Waals surface area contributed by atoms with Gasteiger partial charge >= 0.3 is 0 Å². The average molecular weight is 295 g/mol. The second-order valence-electron chi connectivity index (χ2n) is 4.58. The third kappa shape index (κ3) is 3.93. The highest BCUT2D eigenvalue weighted by Gasteiger charge is 2.09. The van der Waals surface area contributed by atoms with Gasteiger partial charge in [-0.25, -0.2) is 0 Å². The van der Waals surface area contributed by atoms with Gasteiger partial charge in [-0.3, -0.25) is 4.98 Å². The van der Waals surface area contributed by atoms with Gasteiger partial charge in [-0.1, -0.05) is 29.3 Å². The molecule has 2 nitrogen and oxygen atoms in total. The summed E-state index contributed by atoms with van der Waals surface area (Å²) in [4.78, 5) is 4.27. The van der Waals surface area contributed by atoms with Crippen LogP contribution in [0.25, 0.3) is 0 Å². The quantitative estimate of drug-likeness (QED) is 0.895. The molecule has 0 aliphatic carbocycles. The Balaban J connectivity index is 2.03. The van der Waals surface area contributed by atoms with E-state index in [0.717, 1.165) is 28.4 Å². The van der Waals surface area contributed by atoms with E-state index in [4.69, 9.17) is 23.2 Å². The predicted molar refractivity (Wildman–Crippen MR) is 80.7 cm³/mol. The highest BCUT2D eigenvalue weighted by molar-refractivity contribution is 6.33. The number of aryl methyl sites for hydroxylation is 1. The largest absolute Gasteiger partial charge is 0.306 e. The van der Waals surface area contributed by atoms with Crippen LogP contribution in [0.4, 0.5) is 0 Å². The summed E-state index contributed by atoms with van der Waals surface area (Å²) in [5.74, 6) is 0. The molecule has 0 amide bonds. The number of hydrogen-bond acceptors (Lipinski definition) is 2. The van der Waals surface area contributed by atoms with Crippen molar-refractivity contribution in [3.63, 3.8) is 0 Å². The van der Waals surface area contributed by atoms with E-state index < -0.39 is 0 Å². The van der Waals surface area contributed by atoms with E-state index in [0.29, 0.717) is 5.02 Å². The molecule has 0 fully saturated rings. The number of nitrogens with zero attached hydrogens (tertiary/aromatic N) is 1. The zero-order valence-electron chi connectivity index (χ0n) is 11.0. The molecule has 0 saturated heterocycles. The molecule has 2 aromatic rings. The van der Waals surface area contributed by atoms with Crippen LogP contribution in [0, 0.1) is 6.92 Å². The zero-order chi connectivity index (χ0) is 13.8. The predicted octanol–water partition coefficient (Wildman–Crippen LogP) is 4.55. The topological polar surface area (TPSA) is 24.9 Å². The number of aromatic nitrogens is 1. The molecule has 100 valence electrons. The van der Waals surface area contributed by atoms with Crippen molar-refractivity contribution in [3.8, 4) is 0 Å². The third-order valence-corrected chi connectivity index (χ3v) is 3.59. The molecule has 1 atom stereocenters. The maximum atomic E-state index is 6.18. The molecule has 0 spiro atoms. The van der Waals surface area contributed by atoms with Gasteiger partial charge in [-0.05, 0) is 49.2 Å². The van der Waals surface area contributed by atoms with E-state index >= 15 is 0 Å². The molecule has 19 heavy (non-hydrogen) atoms. The molecular weight excluding hydrogens is 279 g/mol. The first kappa shape index (κ1) is 14.3. The van der Waals surface area contributed by atoms with Crippen LogP contribution in [-0.4, -0.2) is 4.98 Å². The summed E-state index contributed by atoms with van der Waals surface area (Å²) >= 11 is 12.2. The fourth-order valence-corrected chi connectivity index (χ4v) is 2.29. The van der Waals surface area contributed by atoms with Crippen LogP contribution in [0.1, 0.15) is 29.8 Å². The molecule has 0 aliphatic rings. The van der Waals surface area contributed by atoms with E-state index in [9.17, 15) is 0 Å². The van der Waals surface area contributed by atoms with Crippen LogP contribution in [-0.2, 0) is 6.54 Å². The molecule has 0 saturated carbocycles. The van der Waals surface area contributed by atoms with Crippen molar-refractivity contribution in [2.45, 2.75) is 26.4 Å². The number of rotatable bonds is 4. The Morgan fingerprint density at radius 3 is 2.68 bits per heavy atom. The molecule has 1 unspecified atom stereocenters. The van der Waals surface area contributed by atoms with Crippen molar-refractivity contribution in [3.05, 3.63) is 63.4 Å². The lowest BCUT2D eigenvalue weighted by Crippen LogP contribution is -2.18. The second-order valence-corrected chi connectivity index (χ2v) is 5.42. The van der Waals surface area contributed by atoms with Gasteiger partial charge in [0.15, 0.2) is 0 Å². The van der Waals surface area contributed by atoms with Gasteiger partial charge in [-0.15, -0.1) is 0 Å². The maximum Gasteiger partial charge on any atom is 0.0454 e. The van der Waals surface area contributed by atoms with Gasteiger partial charge in [0.05, 0.1) is 0 Å². The molecule has 1 aromatic heterocycles. The van der Waals surface area contributed by atoms with Gasteiger partial charge in [0.2, 0.25) is 0 Å². The monoisotopic (exact) mass is 294 g/mol. The molecule has 1 aromatic carbocycles. The van der Waals surface area contributed by atoms with Gasteiger partial charge in [-0.2, -0.15) is 0 Å². The highest BCUT2D eigenvalue weighted by atomic mass is 35.5. The Bertz CT molecular complexity index is 553. The zero-order valence-corrected chi connectivity index (χ0v) is 12.5. The number of benzene rings is 1. The molecule has 4 heteroatoms. The summed E-state index contributed by atoms with van der Waals surface area (Å²) in [7, 11) is 0. The smallest absolute Gasteiger partial charge is 0.0454 e. The summed E-state index contributed by atoms with van der Waals surface area (Å²) in [5.41, 5.74) is 3.18. The van der Waals surface area contributed by atoms with Crippen LogP contribution < -0.4 is 5.32 Å². The Morgan fingerprint density at radius 1 is 1.21 bits per heavy atom. The SMILES string of the molecule is Cc1ccc(CNC(C)c2cc(Cl)ccc2Cl)cn1. The minimum absolute atomic E-state index is 0.132. The number of nitrogens with one attached hydrogen (secondary N) is 1. The molecule has 1 heterocycles. The fourth-order valence-electron chi connectivity index (χ4n) is 1.83. The molecule has 0 aliphatic heterocycles. The van der Waals surface area contributed by atoms with Crippen molar-refractivity contribution in [2.24, 2.45) is 0 Å². The Hall–Kier alpha value is -1.09. The molecule has 0 bridgehead atoms. The second kappa shape index (κ2) is 6.38. The van der Waals surface area contributed by atoms with E-state index in [1.807, 2.05) is 31.3 Å². The number of halogens is 2. The summed E-state index contributed by atoms with van der Waals surface area (Å²) in [6.07, 6.45) is 1.88. The lowest BCUT2D eigenvalue weighted by Gasteiger charge is -2.16. The molecule has 0 radical (unpaired) electrons. The van der Waals surface area contributed by atoms with Gasteiger partial charge in [0.25, 0.3) is 0 Å². The van der Waals surface area contributed by atoms with Crippen molar-refractivity contribution in [2.75, 3.05) is 0 Å². The van der Waals surface area contributed by atoms with Crippen molar-refractivity contribution in [1.29, 1.82) is 0 Å². The van der Waals surface area contributed by atoms with Crippen molar-refractivity contribution in [1.82, 2.24) is 10.3 Å². The molecule has 2 rings (SSSR count). The third-order valence-electron chi connectivity index (χ3n) is 3.01. The minimum Gasteiger partial charge on any atom is -0.306 e. The lowest BCUT2D eigenvalue weighted by atomic mass is 10.1. The van der Waals surface area contributed by atoms with Crippen LogP contribution in [0.15, 0.2) is 36.5 Å². The van der Waals surface area contributed by atoms with Gasteiger partial charge in [0.1, 0.15) is 0 Å². The Morgan fingerprint density at radius 2 is 2.00 bits per heavy atom. The van der Waals surface area contributed by atoms with Crippen LogP contribution in [0.3, 0.4) is 0 Å². The van der Waals surface area contributed by atoms with E-state index in [2.05, 4.69) is 23.3 Å². The molecular formula is C15H16Cl2N2. The lowest BCUT2D eigenvalue weighted by molar-refractivity contribution is 0.574. The van der Waals surface area contributed by atoms with Crippen molar-refractivity contribution < 1.29 is 0 Å². The fraction of sp³-hybridized carbons (Fsp3) is 0.267. The normalized spacial score (nSPS) is 12.4. The highest BCUT2D eigenvalue weighted by Crippen LogP contribution is 2.26. The summed E-state index contributed by atoms with van der Waals surface area (Å²) < 4.78 is 0. The first-order valence-electron chi connectivity index (χ1n) is 6.16. The summed E-state index contributed by atoms with van der Waals surface area (Å²) in [5, 5.41) is 4.85. The minimum atomic E-state index is 0.132.